The van der Waals surface area contributed by atoms with E-state index in [4.69, 9.17) is 5.73 Å². The molecule has 0 saturated carbocycles. The lowest BCUT2D eigenvalue weighted by atomic mass is 10.1. The van der Waals surface area contributed by atoms with E-state index in [1.165, 1.54) is 15.6 Å². The third-order valence-corrected chi connectivity index (χ3v) is 3.90. The van der Waals surface area contributed by atoms with Crippen LogP contribution in [-0.2, 0) is 13.0 Å². The minimum absolute atomic E-state index is 0.830. The molecule has 0 heterocycles. The minimum atomic E-state index is 0.830. The number of anilines is 1. The van der Waals surface area contributed by atoms with Gasteiger partial charge in [-0.15, -0.1) is 0 Å². The number of hydrogen-bond donors (Lipinski definition) is 1. The highest BCUT2D eigenvalue weighted by atomic mass is 79.9. The fraction of sp³-hybridized carbons (Fsp3) is 0.250. The van der Waals surface area contributed by atoms with Gasteiger partial charge in [0.2, 0.25) is 0 Å². The van der Waals surface area contributed by atoms with Gasteiger partial charge in [-0.05, 0) is 42.8 Å². The van der Waals surface area contributed by atoms with E-state index in [1.807, 2.05) is 24.3 Å². The molecule has 2 aromatic carbocycles. The summed E-state index contributed by atoms with van der Waals surface area (Å²) >= 11 is 3.59. The van der Waals surface area contributed by atoms with Gasteiger partial charge in [-0.25, -0.2) is 0 Å². The van der Waals surface area contributed by atoms with Crippen LogP contribution in [0.5, 0.6) is 0 Å². The molecule has 0 aromatic heterocycles. The Morgan fingerprint density at radius 1 is 1.11 bits per heavy atom. The summed E-state index contributed by atoms with van der Waals surface area (Å²) in [6.45, 7) is 1.95. The number of nitrogens with two attached hydrogens (primary N) is 1. The van der Waals surface area contributed by atoms with Crippen molar-refractivity contribution in [2.24, 2.45) is 0 Å². The molecule has 0 unspecified atom stereocenters. The summed E-state index contributed by atoms with van der Waals surface area (Å²) in [5.74, 6) is 0. The summed E-state index contributed by atoms with van der Waals surface area (Å²) in [5.41, 5.74) is 9.23. The van der Waals surface area contributed by atoms with Crippen LogP contribution in [-0.4, -0.2) is 18.5 Å². The van der Waals surface area contributed by atoms with E-state index >= 15 is 0 Å². The van der Waals surface area contributed by atoms with E-state index < -0.39 is 0 Å². The molecule has 0 saturated heterocycles. The van der Waals surface area contributed by atoms with Crippen LogP contribution in [0.15, 0.2) is 53.0 Å². The Hall–Kier alpha value is -1.32. The second-order valence-electron chi connectivity index (χ2n) is 4.82. The van der Waals surface area contributed by atoms with Gasteiger partial charge in [0.15, 0.2) is 0 Å². The normalized spacial score (nSPS) is 10.9. The molecular weight excluding hydrogens is 300 g/mol. The van der Waals surface area contributed by atoms with Gasteiger partial charge in [0.25, 0.3) is 0 Å². The van der Waals surface area contributed by atoms with Crippen molar-refractivity contribution in [1.29, 1.82) is 0 Å². The standard InChI is InChI=1S/C16H19BrN2/c1-19(12-13-5-4-7-15(18)11-13)10-9-14-6-2-3-8-16(14)17/h2-8,11H,9-10,12,18H2,1H3. The highest BCUT2D eigenvalue weighted by Crippen LogP contribution is 2.17. The van der Waals surface area contributed by atoms with Crippen LogP contribution in [0.2, 0.25) is 0 Å². The summed E-state index contributed by atoms with van der Waals surface area (Å²) in [6.07, 6.45) is 1.04. The Kier molecular flexibility index (Phi) is 5.00. The smallest absolute Gasteiger partial charge is 0.0317 e. The summed E-state index contributed by atoms with van der Waals surface area (Å²) in [4.78, 5) is 2.31. The van der Waals surface area contributed by atoms with E-state index in [0.29, 0.717) is 0 Å². The lowest BCUT2D eigenvalue weighted by molar-refractivity contribution is 0.331. The molecule has 19 heavy (non-hydrogen) atoms. The van der Waals surface area contributed by atoms with Gasteiger partial charge in [-0.1, -0.05) is 46.3 Å². The number of rotatable bonds is 5. The molecular formula is C16H19BrN2. The monoisotopic (exact) mass is 318 g/mol. The van der Waals surface area contributed by atoms with E-state index in [2.05, 4.69) is 52.1 Å². The van der Waals surface area contributed by atoms with Crippen molar-refractivity contribution >= 4 is 21.6 Å². The maximum Gasteiger partial charge on any atom is 0.0317 e. The maximum absolute atomic E-state index is 5.79. The van der Waals surface area contributed by atoms with Crippen LogP contribution in [0.4, 0.5) is 5.69 Å². The number of likely N-dealkylation sites (N-methyl/N-ethyl adjacent to an activating group) is 1. The molecule has 2 aromatic rings. The Morgan fingerprint density at radius 2 is 1.89 bits per heavy atom. The average Bonchev–Trinajstić information content (AvgIpc) is 2.38. The molecule has 0 radical (unpaired) electrons. The second kappa shape index (κ2) is 6.73. The highest BCUT2D eigenvalue weighted by molar-refractivity contribution is 9.10. The Bertz CT molecular complexity index is 540. The number of hydrogen-bond acceptors (Lipinski definition) is 2. The van der Waals surface area contributed by atoms with Gasteiger partial charge in [0, 0.05) is 23.2 Å². The maximum atomic E-state index is 5.79. The van der Waals surface area contributed by atoms with E-state index in [0.717, 1.165) is 25.2 Å². The molecule has 2 nitrogen and oxygen atoms in total. The predicted molar refractivity (Wildman–Crippen MR) is 85.0 cm³/mol. The van der Waals surface area contributed by atoms with E-state index in [9.17, 15) is 0 Å². The molecule has 0 fully saturated rings. The molecule has 0 aliphatic rings. The first-order valence-electron chi connectivity index (χ1n) is 6.41. The molecule has 0 bridgehead atoms. The molecule has 0 aliphatic heterocycles. The minimum Gasteiger partial charge on any atom is -0.399 e. The number of nitrogens with zero attached hydrogens (tertiary/aromatic N) is 1. The third kappa shape index (κ3) is 4.37. The first-order valence-corrected chi connectivity index (χ1v) is 7.21. The van der Waals surface area contributed by atoms with Crippen molar-refractivity contribution in [3.05, 3.63) is 64.1 Å². The van der Waals surface area contributed by atoms with Crippen molar-refractivity contribution in [1.82, 2.24) is 4.90 Å². The summed E-state index contributed by atoms with van der Waals surface area (Å²) < 4.78 is 1.19. The van der Waals surface area contributed by atoms with Crippen LogP contribution >= 0.6 is 15.9 Å². The van der Waals surface area contributed by atoms with Gasteiger partial charge in [0.05, 0.1) is 0 Å². The van der Waals surface area contributed by atoms with Gasteiger partial charge in [0.1, 0.15) is 0 Å². The van der Waals surface area contributed by atoms with Crippen molar-refractivity contribution in [2.75, 3.05) is 19.3 Å². The molecule has 0 amide bonds. The molecule has 0 aliphatic carbocycles. The zero-order chi connectivity index (χ0) is 13.7. The molecule has 2 rings (SSSR count). The number of benzene rings is 2. The first-order chi connectivity index (χ1) is 9.15. The summed E-state index contributed by atoms with van der Waals surface area (Å²) in [5, 5.41) is 0. The molecule has 3 heteroatoms. The van der Waals surface area contributed by atoms with Crippen LogP contribution in [0.1, 0.15) is 11.1 Å². The Balaban J connectivity index is 1.88. The van der Waals surface area contributed by atoms with Crippen LogP contribution in [0.3, 0.4) is 0 Å². The topological polar surface area (TPSA) is 29.3 Å². The van der Waals surface area contributed by atoms with E-state index in [1.54, 1.807) is 0 Å². The summed E-state index contributed by atoms with van der Waals surface area (Å²) in [6, 6.07) is 16.5. The van der Waals surface area contributed by atoms with Gasteiger partial charge in [-0.2, -0.15) is 0 Å². The van der Waals surface area contributed by atoms with Crippen molar-refractivity contribution in [3.8, 4) is 0 Å². The van der Waals surface area contributed by atoms with E-state index in [-0.39, 0.29) is 0 Å². The van der Waals surface area contributed by atoms with Crippen LogP contribution in [0.25, 0.3) is 0 Å². The fourth-order valence-corrected chi connectivity index (χ4v) is 2.58. The third-order valence-electron chi connectivity index (χ3n) is 3.12. The molecule has 100 valence electrons. The van der Waals surface area contributed by atoms with Crippen molar-refractivity contribution < 1.29 is 0 Å². The quantitative estimate of drug-likeness (QED) is 0.852. The van der Waals surface area contributed by atoms with Crippen molar-refractivity contribution in [3.63, 3.8) is 0 Å². The number of nitrogen functional groups attached to an aromatic ring is 1. The van der Waals surface area contributed by atoms with Gasteiger partial charge in [-0.3, -0.25) is 0 Å². The highest BCUT2D eigenvalue weighted by Gasteiger charge is 2.03. The summed E-state index contributed by atoms with van der Waals surface area (Å²) in [7, 11) is 2.14. The van der Waals surface area contributed by atoms with Gasteiger partial charge >= 0.3 is 0 Å². The second-order valence-corrected chi connectivity index (χ2v) is 5.68. The van der Waals surface area contributed by atoms with Crippen molar-refractivity contribution in [2.45, 2.75) is 13.0 Å². The fourth-order valence-electron chi connectivity index (χ4n) is 2.09. The van der Waals surface area contributed by atoms with Gasteiger partial charge < -0.3 is 10.6 Å². The van der Waals surface area contributed by atoms with Crippen LogP contribution < -0.4 is 5.73 Å². The largest absolute Gasteiger partial charge is 0.399 e. The average molecular weight is 319 g/mol. The zero-order valence-corrected chi connectivity index (χ0v) is 12.7. The molecule has 0 atom stereocenters. The first kappa shape index (κ1) is 14.1. The zero-order valence-electron chi connectivity index (χ0n) is 11.1. The SMILES string of the molecule is CN(CCc1ccccc1Br)Cc1cccc(N)c1. The lowest BCUT2D eigenvalue weighted by Gasteiger charge is -2.17. The number of halogens is 1. The molecule has 0 spiro atoms. The lowest BCUT2D eigenvalue weighted by Crippen LogP contribution is -2.20. The Morgan fingerprint density at radius 3 is 2.63 bits per heavy atom. The Labute approximate surface area is 123 Å². The van der Waals surface area contributed by atoms with Crippen LogP contribution in [0, 0.1) is 0 Å². The predicted octanol–water partition coefficient (Wildman–Crippen LogP) is 3.71. The molecule has 2 N–H and O–H groups in total.